The monoisotopic (exact) mass is 388 g/mol. The Kier molecular flexibility index (Phi) is 14.7. The standard InChI is InChI=1S/C16H31N2.BrH.Ni/c1-11(2)15(12(3)4)17-9-10-18-16(13(5)6)14(7)8;;/h9-16H,1H2,2-8H3;1H;/q-1;;+1/p-1. The molecule has 0 rings (SSSR count). The molecule has 0 aromatic carbocycles. The molecule has 2 nitrogen and oxygen atoms in total. The van der Waals surface area contributed by atoms with Crippen molar-refractivity contribution in [2.45, 2.75) is 60.5 Å². The molecule has 0 fully saturated rings. The third-order valence-electron chi connectivity index (χ3n) is 3.22. The maximum atomic E-state index is 4.62. The van der Waals surface area contributed by atoms with Gasteiger partial charge in [0.1, 0.15) is 0 Å². The molecule has 0 spiro atoms. The van der Waals surface area contributed by atoms with Crippen LogP contribution < -0.4 is 0 Å². The van der Waals surface area contributed by atoms with Gasteiger partial charge in [0.25, 0.3) is 0 Å². The minimum absolute atomic E-state index is 0.285. The Morgan fingerprint density at radius 2 is 1.05 bits per heavy atom. The van der Waals surface area contributed by atoms with E-state index >= 15 is 0 Å². The van der Waals surface area contributed by atoms with E-state index in [0.717, 1.165) is 0 Å². The Morgan fingerprint density at radius 1 is 0.750 bits per heavy atom. The first-order chi connectivity index (χ1) is 9.27. The molecular weight excluding hydrogens is 359 g/mol. The van der Waals surface area contributed by atoms with Crippen LogP contribution in [0.1, 0.15) is 48.5 Å². The molecule has 0 saturated carbocycles. The summed E-state index contributed by atoms with van der Waals surface area (Å²) >= 11 is 6.25. The third kappa shape index (κ3) is 10.1. The van der Waals surface area contributed by atoms with Crippen molar-refractivity contribution >= 4 is 26.7 Å². The van der Waals surface area contributed by atoms with Crippen molar-refractivity contribution in [3.05, 3.63) is 6.92 Å². The van der Waals surface area contributed by atoms with Gasteiger partial charge in [-0.2, -0.15) is 0 Å². The van der Waals surface area contributed by atoms with Crippen molar-refractivity contribution in [3.8, 4) is 0 Å². The fourth-order valence-corrected chi connectivity index (χ4v) is 2.37. The van der Waals surface area contributed by atoms with Gasteiger partial charge in [-0.05, 0) is 17.8 Å². The molecule has 0 aliphatic carbocycles. The van der Waals surface area contributed by atoms with Gasteiger partial charge in [0.15, 0.2) is 0 Å². The van der Waals surface area contributed by atoms with Crippen LogP contribution in [0.15, 0.2) is 9.98 Å². The molecular formula is C16H31BrN2Ni-. The van der Waals surface area contributed by atoms with Gasteiger partial charge < -0.3 is 6.92 Å². The van der Waals surface area contributed by atoms with Crippen molar-refractivity contribution in [1.29, 1.82) is 0 Å². The molecule has 0 heterocycles. The first-order valence-corrected chi connectivity index (χ1v) is 9.71. The fraction of sp³-hybridized carbons (Fsp3) is 0.812. The quantitative estimate of drug-likeness (QED) is 0.327. The van der Waals surface area contributed by atoms with E-state index in [4.69, 9.17) is 0 Å². The van der Waals surface area contributed by atoms with Crippen molar-refractivity contribution < 1.29 is 13.7 Å². The molecule has 0 N–H and O–H groups in total. The zero-order valence-corrected chi connectivity index (χ0v) is 16.5. The van der Waals surface area contributed by atoms with Gasteiger partial charge in [0, 0.05) is 18.5 Å². The molecule has 4 heteroatoms. The van der Waals surface area contributed by atoms with E-state index in [9.17, 15) is 0 Å². The number of hydrogen-bond acceptors (Lipinski definition) is 2. The summed E-state index contributed by atoms with van der Waals surface area (Å²) in [6.45, 7) is 19.4. The van der Waals surface area contributed by atoms with E-state index < -0.39 is 0 Å². The molecule has 0 aromatic heterocycles. The molecule has 0 saturated heterocycles. The van der Waals surface area contributed by atoms with Gasteiger partial charge in [-0.15, -0.1) is 5.92 Å². The predicted molar refractivity (Wildman–Crippen MR) is 92.5 cm³/mol. The van der Waals surface area contributed by atoms with E-state index in [1.807, 2.05) is 12.4 Å². The second-order valence-corrected chi connectivity index (χ2v) is 6.29. The van der Waals surface area contributed by atoms with Crippen LogP contribution in [-0.4, -0.2) is 24.5 Å². The summed E-state index contributed by atoms with van der Waals surface area (Å²) in [6, 6.07) is 0.666. The Labute approximate surface area is 141 Å². The topological polar surface area (TPSA) is 24.7 Å². The molecule has 0 bridgehead atoms. The molecule has 0 aliphatic rings. The van der Waals surface area contributed by atoms with Crippen molar-refractivity contribution in [3.63, 3.8) is 0 Å². The number of rotatable bonds is 7. The van der Waals surface area contributed by atoms with E-state index in [2.05, 4.69) is 93.3 Å². The second kappa shape index (κ2) is 13.0. The van der Waals surface area contributed by atoms with E-state index in [0.29, 0.717) is 29.7 Å². The van der Waals surface area contributed by atoms with Gasteiger partial charge in [-0.1, -0.05) is 48.5 Å². The Bertz CT molecular complexity index is 230. The van der Waals surface area contributed by atoms with Gasteiger partial charge in [0.2, 0.25) is 0 Å². The molecule has 0 amide bonds. The molecule has 0 radical (unpaired) electrons. The summed E-state index contributed by atoms with van der Waals surface area (Å²) in [5, 5.41) is 0. The molecule has 2 unspecified atom stereocenters. The molecule has 0 aromatic rings. The summed E-state index contributed by atoms with van der Waals surface area (Å²) in [5.41, 5.74) is 0. The van der Waals surface area contributed by atoms with Crippen LogP contribution in [0.4, 0.5) is 0 Å². The Balaban J connectivity index is 0. The maximum absolute atomic E-state index is 4.62. The van der Waals surface area contributed by atoms with Crippen LogP contribution in [0.2, 0.25) is 0 Å². The van der Waals surface area contributed by atoms with Crippen LogP contribution in [0.3, 0.4) is 0 Å². The van der Waals surface area contributed by atoms with Gasteiger partial charge in [-0.3, -0.25) is 9.98 Å². The SMILES string of the molecule is [CH2-]C(C)C(N=CC=NC(C(C)C)C(C)C)C(C)C.[Ni][Br]. The van der Waals surface area contributed by atoms with Crippen molar-refractivity contribution in [1.82, 2.24) is 0 Å². The molecule has 2 atom stereocenters. The van der Waals surface area contributed by atoms with Crippen LogP contribution in [-0.2, 0) is 13.7 Å². The fourth-order valence-electron chi connectivity index (χ4n) is 2.37. The van der Waals surface area contributed by atoms with Gasteiger partial charge in [-0.25, -0.2) is 0 Å². The van der Waals surface area contributed by atoms with Crippen molar-refractivity contribution in [2.75, 3.05) is 0 Å². The predicted octanol–water partition coefficient (Wildman–Crippen LogP) is 5.15. The van der Waals surface area contributed by atoms with Crippen LogP contribution in [0, 0.1) is 30.6 Å². The summed E-state index contributed by atoms with van der Waals surface area (Å²) in [4.78, 5) is 9.20. The summed E-state index contributed by atoms with van der Waals surface area (Å²) in [6.07, 6.45) is 3.71. The van der Waals surface area contributed by atoms with E-state index in [1.165, 1.54) is 0 Å². The van der Waals surface area contributed by atoms with Crippen LogP contribution in [0.25, 0.3) is 0 Å². The average molecular weight is 390 g/mol. The van der Waals surface area contributed by atoms with E-state index in [-0.39, 0.29) is 6.04 Å². The number of hydrogen-bond donors (Lipinski definition) is 0. The number of aliphatic imine (C=N–C) groups is 2. The van der Waals surface area contributed by atoms with E-state index in [1.54, 1.807) is 0 Å². The minimum atomic E-state index is 0.285. The normalized spacial score (nSPS) is 15.6. The average Bonchev–Trinajstić information content (AvgIpc) is 2.34. The van der Waals surface area contributed by atoms with Crippen LogP contribution >= 0.6 is 14.2 Å². The van der Waals surface area contributed by atoms with Gasteiger partial charge >= 0.3 is 27.9 Å². The molecule has 123 valence electrons. The molecule has 0 aliphatic heterocycles. The Hall–Kier alpha value is 0.314. The van der Waals surface area contributed by atoms with Crippen molar-refractivity contribution in [2.24, 2.45) is 33.7 Å². The first kappa shape index (κ1) is 22.6. The van der Waals surface area contributed by atoms with Gasteiger partial charge in [0.05, 0.1) is 6.04 Å². The number of halogens is 1. The summed E-state index contributed by atoms with van der Waals surface area (Å²) < 4.78 is 0. The zero-order valence-electron chi connectivity index (χ0n) is 13.9. The first-order valence-electron chi connectivity index (χ1n) is 7.27. The molecule has 20 heavy (non-hydrogen) atoms. The number of nitrogens with zero attached hydrogens (tertiary/aromatic N) is 2. The second-order valence-electron chi connectivity index (χ2n) is 6.29. The summed E-state index contributed by atoms with van der Waals surface area (Å²) in [7, 11) is 0. The zero-order chi connectivity index (χ0) is 16.3. The Morgan fingerprint density at radius 3 is 1.30 bits per heavy atom. The van der Waals surface area contributed by atoms with Crippen LogP contribution in [0.5, 0.6) is 0 Å². The third-order valence-corrected chi connectivity index (χ3v) is 3.22. The summed E-state index contributed by atoms with van der Waals surface area (Å²) in [5.74, 6) is 2.00.